The fraction of sp³-hybridized carbons (Fsp3) is 0.286. The minimum Gasteiger partial charge on any atom is -0.462 e. The molecule has 0 radical (unpaired) electrons. The van der Waals surface area contributed by atoms with Gasteiger partial charge in [0.2, 0.25) is 0 Å². The molecule has 1 aromatic heterocycles. The van der Waals surface area contributed by atoms with Gasteiger partial charge in [-0.1, -0.05) is 11.6 Å². The molecule has 0 fully saturated rings. The Morgan fingerprint density at radius 3 is 2.92 bits per heavy atom. The van der Waals surface area contributed by atoms with Crippen LogP contribution in [0.1, 0.15) is 16.6 Å². The number of hydrogen-bond acceptors (Lipinski definition) is 3. The van der Waals surface area contributed by atoms with Crippen LogP contribution in [0.15, 0.2) is 10.5 Å². The lowest BCUT2D eigenvalue weighted by Crippen LogP contribution is -2.01. The Kier molecular flexibility index (Phi) is 3.55. The van der Waals surface area contributed by atoms with Crippen molar-refractivity contribution in [1.82, 2.24) is 0 Å². The fourth-order valence-corrected chi connectivity index (χ4v) is 2.25. The lowest BCUT2D eigenvalue weighted by molar-refractivity contribution is 0.0532. The average molecular weight is 270 g/mol. The molecule has 66 valence electrons. The van der Waals surface area contributed by atoms with E-state index in [2.05, 4.69) is 15.9 Å². The van der Waals surface area contributed by atoms with Gasteiger partial charge in [0.05, 0.1) is 6.61 Å². The molecule has 0 bridgehead atoms. The van der Waals surface area contributed by atoms with E-state index in [0.29, 0.717) is 15.8 Å². The number of thiophene rings is 1. The maximum Gasteiger partial charge on any atom is 0.348 e. The molecular formula is C7H6BrClO2S. The first-order valence-corrected chi connectivity index (χ1v) is 5.26. The van der Waals surface area contributed by atoms with Gasteiger partial charge in [-0.2, -0.15) is 0 Å². The molecule has 0 atom stereocenters. The molecule has 1 aromatic rings. The van der Waals surface area contributed by atoms with E-state index in [1.165, 1.54) is 11.3 Å². The molecule has 0 saturated carbocycles. The number of esters is 1. The third kappa shape index (κ3) is 2.21. The minimum atomic E-state index is -0.324. The zero-order chi connectivity index (χ0) is 9.14. The molecule has 0 saturated heterocycles. The van der Waals surface area contributed by atoms with Crippen molar-refractivity contribution in [1.29, 1.82) is 0 Å². The van der Waals surface area contributed by atoms with Crippen LogP contribution in [-0.2, 0) is 4.74 Å². The SMILES string of the molecule is CCOC(=O)c1cc(Br)c(Cl)s1. The number of carbonyl (C=O) groups excluding carboxylic acids is 1. The summed E-state index contributed by atoms with van der Waals surface area (Å²) in [4.78, 5) is 11.6. The molecule has 0 aliphatic heterocycles. The summed E-state index contributed by atoms with van der Waals surface area (Å²) in [5.41, 5.74) is 0. The average Bonchev–Trinajstić information content (AvgIpc) is 2.33. The van der Waals surface area contributed by atoms with Crippen molar-refractivity contribution >= 4 is 44.8 Å². The topological polar surface area (TPSA) is 26.3 Å². The molecule has 0 spiro atoms. The molecule has 0 N–H and O–H groups in total. The van der Waals surface area contributed by atoms with Gasteiger partial charge in [0, 0.05) is 4.47 Å². The zero-order valence-corrected chi connectivity index (χ0v) is 9.42. The van der Waals surface area contributed by atoms with Gasteiger partial charge in [0.25, 0.3) is 0 Å². The van der Waals surface area contributed by atoms with E-state index in [1.807, 2.05) is 0 Å². The maximum absolute atomic E-state index is 11.1. The smallest absolute Gasteiger partial charge is 0.348 e. The lowest BCUT2D eigenvalue weighted by atomic mass is 10.5. The van der Waals surface area contributed by atoms with E-state index < -0.39 is 0 Å². The molecule has 2 nitrogen and oxygen atoms in total. The first-order valence-electron chi connectivity index (χ1n) is 3.27. The van der Waals surface area contributed by atoms with Gasteiger partial charge in [-0.25, -0.2) is 4.79 Å². The lowest BCUT2D eigenvalue weighted by Gasteiger charge is -1.95. The Labute approximate surface area is 87.6 Å². The summed E-state index contributed by atoms with van der Waals surface area (Å²) in [6.45, 7) is 2.15. The predicted octanol–water partition coefficient (Wildman–Crippen LogP) is 3.34. The van der Waals surface area contributed by atoms with Gasteiger partial charge in [0.15, 0.2) is 0 Å². The molecule has 0 aliphatic rings. The Hall–Kier alpha value is -0.0600. The standard InChI is InChI=1S/C7H6BrClO2S/c1-2-11-7(10)5-3-4(8)6(9)12-5/h3H,2H2,1H3. The molecule has 0 unspecified atom stereocenters. The van der Waals surface area contributed by atoms with Crippen LogP contribution in [0.3, 0.4) is 0 Å². The second-order valence-corrected chi connectivity index (χ2v) is 4.46. The van der Waals surface area contributed by atoms with Crippen molar-refractivity contribution in [3.05, 3.63) is 19.8 Å². The maximum atomic E-state index is 11.1. The summed E-state index contributed by atoms with van der Waals surface area (Å²) in [6, 6.07) is 1.66. The highest BCUT2D eigenvalue weighted by molar-refractivity contribution is 9.10. The molecule has 1 heterocycles. The van der Waals surface area contributed by atoms with Crippen molar-refractivity contribution in [3.8, 4) is 0 Å². The van der Waals surface area contributed by atoms with Crippen LogP contribution < -0.4 is 0 Å². The van der Waals surface area contributed by atoms with E-state index in [4.69, 9.17) is 16.3 Å². The van der Waals surface area contributed by atoms with Crippen molar-refractivity contribution < 1.29 is 9.53 Å². The van der Waals surface area contributed by atoms with E-state index >= 15 is 0 Å². The van der Waals surface area contributed by atoms with Crippen LogP contribution in [0.5, 0.6) is 0 Å². The van der Waals surface area contributed by atoms with Crippen molar-refractivity contribution in [3.63, 3.8) is 0 Å². The van der Waals surface area contributed by atoms with Gasteiger partial charge >= 0.3 is 5.97 Å². The van der Waals surface area contributed by atoms with Crippen LogP contribution in [0.4, 0.5) is 0 Å². The van der Waals surface area contributed by atoms with Gasteiger partial charge < -0.3 is 4.74 Å². The predicted molar refractivity (Wildman–Crippen MR) is 53.0 cm³/mol. The van der Waals surface area contributed by atoms with E-state index in [1.54, 1.807) is 13.0 Å². The molecule has 0 aromatic carbocycles. The second-order valence-electron chi connectivity index (χ2n) is 1.95. The molecule has 0 aliphatic carbocycles. The zero-order valence-electron chi connectivity index (χ0n) is 6.27. The molecule has 1 rings (SSSR count). The van der Waals surface area contributed by atoms with Crippen LogP contribution in [0.2, 0.25) is 4.34 Å². The van der Waals surface area contributed by atoms with Crippen molar-refractivity contribution in [2.75, 3.05) is 6.61 Å². The molecule has 0 amide bonds. The van der Waals surface area contributed by atoms with Crippen LogP contribution in [-0.4, -0.2) is 12.6 Å². The molecule has 5 heteroatoms. The number of rotatable bonds is 2. The Bertz CT molecular complexity index is 278. The summed E-state index contributed by atoms with van der Waals surface area (Å²) in [6.07, 6.45) is 0. The van der Waals surface area contributed by atoms with Crippen LogP contribution in [0.25, 0.3) is 0 Å². The monoisotopic (exact) mass is 268 g/mol. The summed E-state index contributed by atoms with van der Waals surface area (Å²) in [5, 5.41) is 0. The highest BCUT2D eigenvalue weighted by Gasteiger charge is 2.12. The fourth-order valence-electron chi connectivity index (χ4n) is 0.649. The summed E-state index contributed by atoms with van der Waals surface area (Å²) in [5.74, 6) is -0.324. The largest absolute Gasteiger partial charge is 0.462 e. The first kappa shape index (κ1) is 10.0. The number of carbonyl (C=O) groups is 1. The van der Waals surface area contributed by atoms with Crippen LogP contribution in [0, 0.1) is 0 Å². The third-order valence-electron chi connectivity index (χ3n) is 1.12. The van der Waals surface area contributed by atoms with E-state index in [0.717, 1.165) is 4.47 Å². The van der Waals surface area contributed by atoms with Gasteiger partial charge in [-0.15, -0.1) is 11.3 Å². The quantitative estimate of drug-likeness (QED) is 0.770. The van der Waals surface area contributed by atoms with Gasteiger partial charge in [-0.05, 0) is 28.9 Å². The third-order valence-corrected chi connectivity index (χ3v) is 3.58. The van der Waals surface area contributed by atoms with Crippen LogP contribution >= 0.6 is 38.9 Å². The van der Waals surface area contributed by atoms with Gasteiger partial charge in [0.1, 0.15) is 9.21 Å². The Morgan fingerprint density at radius 1 is 1.83 bits per heavy atom. The number of ether oxygens (including phenoxy) is 1. The summed E-state index contributed by atoms with van der Waals surface area (Å²) in [7, 11) is 0. The Morgan fingerprint density at radius 2 is 2.50 bits per heavy atom. The minimum absolute atomic E-state index is 0.324. The number of hydrogen-bond donors (Lipinski definition) is 0. The number of halogens is 2. The molecule has 12 heavy (non-hydrogen) atoms. The van der Waals surface area contributed by atoms with Crippen molar-refractivity contribution in [2.24, 2.45) is 0 Å². The first-order chi connectivity index (χ1) is 5.65. The van der Waals surface area contributed by atoms with E-state index in [-0.39, 0.29) is 5.97 Å². The van der Waals surface area contributed by atoms with E-state index in [9.17, 15) is 4.79 Å². The van der Waals surface area contributed by atoms with Crippen molar-refractivity contribution in [2.45, 2.75) is 6.92 Å². The normalized spacial score (nSPS) is 9.92. The second kappa shape index (κ2) is 4.25. The summed E-state index contributed by atoms with van der Waals surface area (Å²) < 4.78 is 6.09. The highest BCUT2D eigenvalue weighted by Crippen LogP contribution is 2.32. The molecular weight excluding hydrogens is 263 g/mol. The summed E-state index contributed by atoms with van der Waals surface area (Å²) >= 11 is 10.2. The Balaban J connectivity index is 2.82. The highest BCUT2D eigenvalue weighted by atomic mass is 79.9. The van der Waals surface area contributed by atoms with Gasteiger partial charge in [-0.3, -0.25) is 0 Å².